The van der Waals surface area contributed by atoms with Crippen LogP contribution < -0.4 is 5.73 Å². The maximum Gasteiger partial charge on any atom is 0.0409 e. The van der Waals surface area contributed by atoms with E-state index in [1.165, 1.54) is 16.3 Å². The van der Waals surface area contributed by atoms with Crippen molar-refractivity contribution in [3.8, 4) is 0 Å². The van der Waals surface area contributed by atoms with Gasteiger partial charge in [-0.1, -0.05) is 66.2 Å². The molecule has 1 atom stereocenters. The van der Waals surface area contributed by atoms with Gasteiger partial charge in [0.05, 0.1) is 0 Å². The second-order valence-electron chi connectivity index (χ2n) is 5.69. The minimum absolute atomic E-state index is 0.0497. The van der Waals surface area contributed by atoms with Crippen LogP contribution in [0, 0.1) is 0 Å². The topological polar surface area (TPSA) is 26.0 Å². The van der Waals surface area contributed by atoms with Crippen molar-refractivity contribution in [1.82, 2.24) is 0 Å². The van der Waals surface area contributed by atoms with Crippen LogP contribution in [-0.2, 0) is 6.42 Å². The lowest BCUT2D eigenvalue weighted by atomic mass is 9.97. The minimum atomic E-state index is 0.0497. The zero-order chi connectivity index (χ0) is 15.4. The molecule has 0 heterocycles. The van der Waals surface area contributed by atoms with Crippen LogP contribution in [0.2, 0.25) is 5.02 Å². The predicted octanol–water partition coefficient (Wildman–Crippen LogP) is 5.52. The van der Waals surface area contributed by atoms with Crippen molar-refractivity contribution in [3.63, 3.8) is 0 Å². The van der Waals surface area contributed by atoms with E-state index in [9.17, 15) is 0 Å². The zero-order valence-electron chi connectivity index (χ0n) is 12.5. The molecule has 3 aromatic rings. The van der Waals surface area contributed by atoms with Crippen molar-refractivity contribution < 1.29 is 0 Å². The van der Waals surface area contributed by atoms with E-state index in [2.05, 4.69) is 48.5 Å². The molecule has 2 heteroatoms. The molecule has 0 aromatic heterocycles. The molecule has 0 fully saturated rings. The Balaban J connectivity index is 1.65. The number of aryl methyl sites for hydroxylation is 1. The molecule has 112 valence electrons. The SMILES string of the molecule is NC(CCCc1cccc2ccccc12)c1cccc(Cl)c1. The number of benzene rings is 3. The fourth-order valence-electron chi connectivity index (χ4n) is 2.93. The normalized spacial score (nSPS) is 12.5. The highest BCUT2D eigenvalue weighted by Crippen LogP contribution is 2.23. The molecule has 0 amide bonds. The van der Waals surface area contributed by atoms with Crippen LogP contribution in [0.5, 0.6) is 0 Å². The Morgan fingerprint density at radius 1 is 0.909 bits per heavy atom. The van der Waals surface area contributed by atoms with Crippen LogP contribution in [0.4, 0.5) is 0 Å². The van der Waals surface area contributed by atoms with Crippen molar-refractivity contribution >= 4 is 22.4 Å². The lowest BCUT2D eigenvalue weighted by Gasteiger charge is -2.13. The zero-order valence-corrected chi connectivity index (χ0v) is 13.3. The first-order valence-electron chi connectivity index (χ1n) is 7.72. The summed E-state index contributed by atoms with van der Waals surface area (Å²) in [7, 11) is 0. The van der Waals surface area contributed by atoms with E-state index < -0.39 is 0 Å². The highest BCUT2D eigenvalue weighted by Gasteiger charge is 2.07. The van der Waals surface area contributed by atoms with Gasteiger partial charge in [-0.05, 0) is 53.3 Å². The lowest BCUT2D eigenvalue weighted by molar-refractivity contribution is 0.612. The van der Waals surface area contributed by atoms with Gasteiger partial charge >= 0.3 is 0 Å². The van der Waals surface area contributed by atoms with Gasteiger partial charge in [-0.15, -0.1) is 0 Å². The molecule has 1 unspecified atom stereocenters. The average Bonchev–Trinajstić information content (AvgIpc) is 2.55. The summed E-state index contributed by atoms with van der Waals surface area (Å²) in [4.78, 5) is 0. The Morgan fingerprint density at radius 2 is 1.68 bits per heavy atom. The van der Waals surface area contributed by atoms with Gasteiger partial charge in [0.1, 0.15) is 0 Å². The van der Waals surface area contributed by atoms with Crippen molar-refractivity contribution in [3.05, 3.63) is 82.9 Å². The maximum absolute atomic E-state index is 6.28. The van der Waals surface area contributed by atoms with Gasteiger partial charge in [-0.2, -0.15) is 0 Å². The Labute approximate surface area is 136 Å². The number of hydrogen-bond acceptors (Lipinski definition) is 1. The molecule has 3 rings (SSSR count). The third-order valence-electron chi connectivity index (χ3n) is 4.12. The lowest BCUT2D eigenvalue weighted by Crippen LogP contribution is -2.10. The predicted molar refractivity (Wildman–Crippen MR) is 95.3 cm³/mol. The second kappa shape index (κ2) is 6.95. The van der Waals surface area contributed by atoms with Gasteiger partial charge in [0.15, 0.2) is 0 Å². The van der Waals surface area contributed by atoms with Crippen LogP contribution in [-0.4, -0.2) is 0 Å². The van der Waals surface area contributed by atoms with Crippen molar-refractivity contribution in [2.24, 2.45) is 5.73 Å². The first-order chi connectivity index (χ1) is 10.7. The Hall–Kier alpha value is -1.83. The molecule has 0 aliphatic carbocycles. The molecule has 0 saturated carbocycles. The third kappa shape index (κ3) is 3.49. The van der Waals surface area contributed by atoms with E-state index in [1.54, 1.807) is 0 Å². The molecule has 0 spiro atoms. The Bertz CT molecular complexity index is 761. The van der Waals surface area contributed by atoms with Gasteiger partial charge < -0.3 is 5.73 Å². The van der Waals surface area contributed by atoms with Gasteiger partial charge in [0, 0.05) is 11.1 Å². The van der Waals surface area contributed by atoms with E-state index >= 15 is 0 Å². The highest BCUT2D eigenvalue weighted by molar-refractivity contribution is 6.30. The number of fused-ring (bicyclic) bond motifs is 1. The smallest absolute Gasteiger partial charge is 0.0409 e. The van der Waals surface area contributed by atoms with Crippen molar-refractivity contribution in [1.29, 1.82) is 0 Å². The summed E-state index contributed by atoms with van der Waals surface area (Å²) in [5.74, 6) is 0. The first-order valence-corrected chi connectivity index (χ1v) is 8.09. The largest absolute Gasteiger partial charge is 0.324 e. The Morgan fingerprint density at radius 3 is 2.55 bits per heavy atom. The molecular weight excluding hydrogens is 290 g/mol. The number of halogens is 1. The van der Waals surface area contributed by atoms with E-state index in [-0.39, 0.29) is 6.04 Å². The summed E-state index contributed by atoms with van der Waals surface area (Å²) in [5, 5.41) is 3.41. The number of rotatable bonds is 5. The monoisotopic (exact) mass is 309 g/mol. The summed E-state index contributed by atoms with van der Waals surface area (Å²) in [5.41, 5.74) is 8.80. The van der Waals surface area contributed by atoms with E-state index in [0.717, 1.165) is 29.8 Å². The van der Waals surface area contributed by atoms with Crippen LogP contribution in [0.25, 0.3) is 10.8 Å². The molecule has 2 N–H and O–H groups in total. The number of hydrogen-bond donors (Lipinski definition) is 1. The van der Waals surface area contributed by atoms with Crippen molar-refractivity contribution in [2.75, 3.05) is 0 Å². The van der Waals surface area contributed by atoms with Crippen LogP contribution in [0.3, 0.4) is 0 Å². The maximum atomic E-state index is 6.28. The molecular formula is C20H20ClN. The molecule has 1 nitrogen and oxygen atoms in total. The quantitative estimate of drug-likeness (QED) is 0.660. The van der Waals surface area contributed by atoms with Crippen molar-refractivity contribution in [2.45, 2.75) is 25.3 Å². The minimum Gasteiger partial charge on any atom is -0.324 e. The Kier molecular flexibility index (Phi) is 4.77. The van der Waals surface area contributed by atoms with Gasteiger partial charge in [0.25, 0.3) is 0 Å². The molecule has 0 radical (unpaired) electrons. The standard InChI is InChI=1S/C20H20ClN/c21-18-11-4-10-17(14-18)20(22)13-5-9-16-8-3-7-15-6-1-2-12-19(15)16/h1-4,6-8,10-12,14,20H,5,9,13,22H2. The second-order valence-corrected chi connectivity index (χ2v) is 6.13. The summed E-state index contributed by atoms with van der Waals surface area (Å²) in [6.45, 7) is 0. The fourth-order valence-corrected chi connectivity index (χ4v) is 3.13. The summed E-state index contributed by atoms with van der Waals surface area (Å²) in [6.07, 6.45) is 3.08. The molecule has 22 heavy (non-hydrogen) atoms. The summed E-state index contributed by atoms with van der Waals surface area (Å²) < 4.78 is 0. The summed E-state index contributed by atoms with van der Waals surface area (Å²) in [6, 6.07) is 23.0. The van der Waals surface area contributed by atoms with Crippen LogP contribution in [0.1, 0.15) is 30.0 Å². The number of nitrogens with two attached hydrogens (primary N) is 1. The van der Waals surface area contributed by atoms with E-state index in [0.29, 0.717) is 0 Å². The molecule has 0 bridgehead atoms. The van der Waals surface area contributed by atoms with Gasteiger partial charge in [-0.3, -0.25) is 0 Å². The molecule has 3 aromatic carbocycles. The molecule has 0 saturated heterocycles. The van der Waals surface area contributed by atoms with E-state index in [1.807, 2.05) is 18.2 Å². The first kappa shape index (κ1) is 15.1. The van der Waals surface area contributed by atoms with Gasteiger partial charge in [0.2, 0.25) is 0 Å². The molecule has 0 aliphatic rings. The summed E-state index contributed by atoms with van der Waals surface area (Å²) >= 11 is 6.03. The van der Waals surface area contributed by atoms with Gasteiger partial charge in [-0.25, -0.2) is 0 Å². The molecule has 0 aliphatic heterocycles. The third-order valence-corrected chi connectivity index (χ3v) is 4.35. The van der Waals surface area contributed by atoms with E-state index in [4.69, 9.17) is 17.3 Å². The highest BCUT2D eigenvalue weighted by atomic mass is 35.5. The average molecular weight is 310 g/mol. The van der Waals surface area contributed by atoms with Crippen LogP contribution >= 0.6 is 11.6 Å². The fraction of sp³-hybridized carbons (Fsp3) is 0.200. The van der Waals surface area contributed by atoms with Crippen LogP contribution in [0.15, 0.2) is 66.7 Å².